The van der Waals surface area contributed by atoms with E-state index >= 15 is 0 Å². The molecule has 0 radical (unpaired) electrons. The Hall–Kier alpha value is -3.33. The van der Waals surface area contributed by atoms with Crippen LogP contribution in [0, 0.1) is 11.7 Å². The summed E-state index contributed by atoms with van der Waals surface area (Å²) in [6.45, 7) is 7.48. The largest absolute Gasteiger partial charge is 0.343 e. The molecule has 0 bridgehead atoms. The lowest BCUT2D eigenvalue weighted by molar-refractivity contribution is -0.117. The highest BCUT2D eigenvalue weighted by Crippen LogP contribution is 2.33. The zero-order valence-electron chi connectivity index (χ0n) is 19.3. The third-order valence-electron chi connectivity index (χ3n) is 5.45. The molecule has 1 atom stereocenters. The van der Waals surface area contributed by atoms with Gasteiger partial charge in [0, 0.05) is 21.9 Å². The lowest BCUT2D eigenvalue weighted by Gasteiger charge is -2.16. The van der Waals surface area contributed by atoms with Crippen LogP contribution in [0.15, 0.2) is 35.0 Å². The van der Waals surface area contributed by atoms with Crippen LogP contribution in [0.4, 0.5) is 10.2 Å². The first kappa shape index (κ1) is 23.8. The second kappa shape index (κ2) is 9.13. The predicted octanol–water partition coefficient (Wildman–Crippen LogP) is 5.06. The Labute approximate surface area is 201 Å². The van der Waals surface area contributed by atoms with E-state index in [1.165, 1.54) is 6.07 Å². The monoisotopic (exact) mass is 485 g/mol. The van der Waals surface area contributed by atoms with Crippen molar-refractivity contribution in [1.29, 1.82) is 0 Å². The van der Waals surface area contributed by atoms with Gasteiger partial charge in [0.25, 0.3) is 11.7 Å². The number of pyridine rings is 1. The minimum Gasteiger partial charge on any atom is -0.343 e. The molecule has 0 aliphatic heterocycles. The molecule has 1 unspecified atom stereocenters. The Morgan fingerprint density at radius 1 is 1.24 bits per heavy atom. The molecule has 4 rings (SSSR count). The number of nitrogens with one attached hydrogen (secondary N) is 2. The highest BCUT2D eigenvalue weighted by atomic mass is 35.5. The number of hydrogen-bond donors (Lipinski definition) is 2. The molecular formula is C24H25ClFN5O3. The van der Waals surface area contributed by atoms with E-state index in [4.69, 9.17) is 16.1 Å². The third-order valence-corrected chi connectivity index (χ3v) is 5.78. The maximum atomic E-state index is 14.5. The summed E-state index contributed by atoms with van der Waals surface area (Å²) in [4.78, 5) is 32.7. The number of benzene rings is 1. The van der Waals surface area contributed by atoms with E-state index in [1.54, 1.807) is 25.1 Å². The summed E-state index contributed by atoms with van der Waals surface area (Å²) in [5, 5.41) is 9.60. The van der Waals surface area contributed by atoms with Gasteiger partial charge in [0.1, 0.15) is 11.6 Å². The van der Waals surface area contributed by atoms with Gasteiger partial charge in [0.2, 0.25) is 11.8 Å². The fourth-order valence-electron chi connectivity index (χ4n) is 3.31. The first-order chi connectivity index (χ1) is 16.0. The Balaban J connectivity index is 1.50. The number of carbonyl (C=O) groups is 2. The molecule has 8 nitrogen and oxygen atoms in total. The number of aromatic nitrogens is 3. The molecule has 1 aromatic carbocycles. The van der Waals surface area contributed by atoms with E-state index in [0.29, 0.717) is 22.0 Å². The molecule has 34 heavy (non-hydrogen) atoms. The van der Waals surface area contributed by atoms with Crippen LogP contribution in [-0.2, 0) is 10.2 Å². The van der Waals surface area contributed by atoms with Crippen LogP contribution in [-0.4, -0.2) is 26.9 Å². The van der Waals surface area contributed by atoms with Crippen LogP contribution in [0.2, 0.25) is 5.02 Å². The van der Waals surface area contributed by atoms with Crippen molar-refractivity contribution in [2.45, 2.75) is 52.0 Å². The first-order valence-corrected chi connectivity index (χ1v) is 11.3. The number of amides is 2. The summed E-state index contributed by atoms with van der Waals surface area (Å²) in [5.41, 5.74) is 1.03. The molecule has 2 amide bonds. The fraction of sp³-hybridized carbons (Fsp3) is 0.375. The third kappa shape index (κ3) is 5.25. The van der Waals surface area contributed by atoms with Crippen LogP contribution in [0.3, 0.4) is 0 Å². The molecule has 1 aliphatic rings. The van der Waals surface area contributed by atoms with Gasteiger partial charge in [-0.25, -0.2) is 9.37 Å². The molecule has 3 aromatic rings. The van der Waals surface area contributed by atoms with Crippen LogP contribution in [0.25, 0.3) is 11.1 Å². The summed E-state index contributed by atoms with van der Waals surface area (Å²) in [5.74, 6) is -0.565. The average molecular weight is 486 g/mol. The van der Waals surface area contributed by atoms with Gasteiger partial charge in [-0.2, -0.15) is 4.98 Å². The predicted molar refractivity (Wildman–Crippen MR) is 125 cm³/mol. The Kier molecular flexibility index (Phi) is 6.40. The molecular weight excluding hydrogens is 461 g/mol. The average Bonchev–Trinajstić information content (AvgIpc) is 3.49. The Morgan fingerprint density at radius 3 is 2.59 bits per heavy atom. The van der Waals surface area contributed by atoms with Crippen molar-refractivity contribution in [3.05, 3.63) is 58.6 Å². The van der Waals surface area contributed by atoms with Crippen molar-refractivity contribution in [2.24, 2.45) is 5.92 Å². The zero-order chi connectivity index (χ0) is 24.6. The smallest absolute Gasteiger partial charge is 0.293 e. The molecule has 2 aromatic heterocycles. The lowest BCUT2D eigenvalue weighted by atomic mass is 9.97. The second-order valence-corrected chi connectivity index (χ2v) is 9.82. The van der Waals surface area contributed by atoms with E-state index in [1.807, 2.05) is 20.8 Å². The van der Waals surface area contributed by atoms with E-state index in [-0.39, 0.29) is 34.4 Å². The number of nitrogens with zero attached hydrogens (tertiary/aromatic N) is 3. The normalized spacial score (nSPS) is 14.5. The molecule has 0 saturated heterocycles. The maximum absolute atomic E-state index is 14.5. The maximum Gasteiger partial charge on any atom is 0.293 e. The quantitative estimate of drug-likeness (QED) is 0.505. The number of carbonyl (C=O) groups excluding carboxylic acids is 2. The van der Waals surface area contributed by atoms with Gasteiger partial charge in [-0.15, -0.1) is 0 Å². The SMILES string of the molecule is CC(NC(=O)c1noc(C(C)(C)C)n1)c1ccc(-c2cc(NC(=O)C3CC3)ncc2F)cc1Cl. The van der Waals surface area contributed by atoms with Crippen molar-refractivity contribution in [3.63, 3.8) is 0 Å². The highest BCUT2D eigenvalue weighted by molar-refractivity contribution is 6.31. The van der Waals surface area contributed by atoms with Crippen molar-refractivity contribution in [3.8, 4) is 11.1 Å². The summed E-state index contributed by atoms with van der Waals surface area (Å²) in [6.07, 6.45) is 2.78. The molecule has 1 fully saturated rings. The van der Waals surface area contributed by atoms with Crippen molar-refractivity contribution < 1.29 is 18.5 Å². The van der Waals surface area contributed by atoms with Crippen molar-refractivity contribution >= 4 is 29.2 Å². The topological polar surface area (TPSA) is 110 Å². The van der Waals surface area contributed by atoms with Crippen LogP contribution >= 0.6 is 11.6 Å². The molecule has 2 N–H and O–H groups in total. The van der Waals surface area contributed by atoms with E-state index in [9.17, 15) is 14.0 Å². The van der Waals surface area contributed by atoms with Gasteiger partial charge in [-0.3, -0.25) is 9.59 Å². The van der Waals surface area contributed by atoms with E-state index in [0.717, 1.165) is 19.0 Å². The first-order valence-electron chi connectivity index (χ1n) is 10.9. The Morgan fingerprint density at radius 2 is 1.97 bits per heavy atom. The van der Waals surface area contributed by atoms with Gasteiger partial charge >= 0.3 is 0 Å². The number of rotatable bonds is 6. The fourth-order valence-corrected chi connectivity index (χ4v) is 3.65. The minimum absolute atomic E-state index is 0.00762. The van der Waals surface area contributed by atoms with Gasteiger partial charge < -0.3 is 15.2 Å². The molecule has 1 aliphatic carbocycles. The van der Waals surface area contributed by atoms with Crippen molar-refractivity contribution in [2.75, 3.05) is 5.32 Å². The van der Waals surface area contributed by atoms with Crippen LogP contribution in [0.1, 0.15) is 68.7 Å². The highest BCUT2D eigenvalue weighted by Gasteiger charge is 2.30. The standard InChI is InChI=1S/C24H25ClFN5O3/c1-12(28-22(33)20-30-23(34-31-20)24(2,3)4)15-8-7-14(9-17(15)25)16-10-19(27-11-18(16)26)29-21(32)13-5-6-13/h7-13H,5-6H2,1-4H3,(H,28,33)(H,27,29,32). The van der Waals surface area contributed by atoms with E-state index < -0.39 is 17.8 Å². The number of hydrogen-bond acceptors (Lipinski definition) is 6. The number of anilines is 1. The van der Waals surface area contributed by atoms with Gasteiger partial charge in [0.15, 0.2) is 0 Å². The molecule has 0 spiro atoms. The number of halogens is 2. The van der Waals surface area contributed by atoms with Gasteiger partial charge in [-0.05, 0) is 43.0 Å². The summed E-state index contributed by atoms with van der Waals surface area (Å²) in [6, 6.07) is 6.02. The van der Waals surface area contributed by atoms with Gasteiger partial charge in [-0.1, -0.05) is 49.7 Å². The second-order valence-electron chi connectivity index (χ2n) is 9.42. The zero-order valence-corrected chi connectivity index (χ0v) is 20.0. The molecule has 1 saturated carbocycles. The summed E-state index contributed by atoms with van der Waals surface area (Å²) in [7, 11) is 0. The van der Waals surface area contributed by atoms with E-state index in [2.05, 4.69) is 25.8 Å². The van der Waals surface area contributed by atoms with Gasteiger partial charge in [0.05, 0.1) is 12.2 Å². The summed E-state index contributed by atoms with van der Waals surface area (Å²) < 4.78 is 19.7. The van der Waals surface area contributed by atoms with Crippen molar-refractivity contribution in [1.82, 2.24) is 20.4 Å². The van der Waals surface area contributed by atoms with Crippen LogP contribution in [0.5, 0.6) is 0 Å². The van der Waals surface area contributed by atoms with Crippen LogP contribution < -0.4 is 10.6 Å². The lowest BCUT2D eigenvalue weighted by Crippen LogP contribution is -2.28. The molecule has 178 valence electrons. The Bertz CT molecular complexity index is 1250. The summed E-state index contributed by atoms with van der Waals surface area (Å²) >= 11 is 6.48. The molecule has 10 heteroatoms. The molecule has 2 heterocycles. The minimum atomic E-state index is -0.540.